The first-order valence-electron chi connectivity index (χ1n) is 7.94. The van der Waals surface area contributed by atoms with Gasteiger partial charge in [-0.25, -0.2) is 4.79 Å². The molecule has 7 heteroatoms. The molecule has 0 amide bonds. The number of nitrogens with one attached hydrogen (secondary N) is 1. The van der Waals surface area contributed by atoms with Crippen molar-refractivity contribution in [2.24, 2.45) is 0 Å². The van der Waals surface area contributed by atoms with E-state index in [9.17, 15) is 14.7 Å². The van der Waals surface area contributed by atoms with Gasteiger partial charge in [0.1, 0.15) is 6.61 Å². The maximum Gasteiger partial charge on any atom is 0.332 e. The Morgan fingerprint density at radius 1 is 1.42 bits per heavy atom. The van der Waals surface area contributed by atoms with Crippen molar-refractivity contribution in [1.82, 2.24) is 0 Å². The maximum absolute atomic E-state index is 11.1. The number of aliphatic hydroxyl groups is 1. The van der Waals surface area contributed by atoms with Gasteiger partial charge in [0.15, 0.2) is 6.10 Å². The highest BCUT2D eigenvalue weighted by Crippen LogP contribution is 2.25. The number of aliphatic hydroxyl groups excluding tert-OH is 1. The van der Waals surface area contributed by atoms with E-state index in [0.717, 1.165) is 16.8 Å². The monoisotopic (exact) mass is 337 g/mol. The fraction of sp³-hybridized carbons (Fsp3) is 0.529. The van der Waals surface area contributed by atoms with Crippen molar-refractivity contribution in [2.45, 2.75) is 50.6 Å². The van der Waals surface area contributed by atoms with E-state index in [1.54, 1.807) is 0 Å². The summed E-state index contributed by atoms with van der Waals surface area (Å²) < 4.78 is 10.4. The van der Waals surface area contributed by atoms with Crippen LogP contribution in [0.4, 0.5) is 5.69 Å². The van der Waals surface area contributed by atoms with Crippen molar-refractivity contribution >= 4 is 18.1 Å². The molecule has 7 nitrogen and oxygen atoms in total. The number of carboxylic acid groups (broad SMARTS) is 1. The summed E-state index contributed by atoms with van der Waals surface area (Å²) in [5, 5.41) is 22.0. The number of ether oxygens (including phenoxy) is 2. The van der Waals surface area contributed by atoms with Gasteiger partial charge in [-0.2, -0.15) is 0 Å². The number of hydrogen-bond acceptors (Lipinski definition) is 6. The third-order valence-corrected chi connectivity index (χ3v) is 4.19. The minimum Gasteiger partial charge on any atom is -0.479 e. The lowest BCUT2D eigenvalue weighted by Gasteiger charge is -2.31. The summed E-state index contributed by atoms with van der Waals surface area (Å²) in [7, 11) is 1.82. The molecule has 0 aromatic heterocycles. The van der Waals surface area contributed by atoms with Crippen LogP contribution in [0, 0.1) is 0 Å². The van der Waals surface area contributed by atoms with Crippen molar-refractivity contribution in [3.05, 3.63) is 29.3 Å². The molecule has 1 aliphatic heterocycles. The molecule has 132 valence electrons. The van der Waals surface area contributed by atoms with Gasteiger partial charge in [-0.3, -0.25) is 4.79 Å². The van der Waals surface area contributed by atoms with Gasteiger partial charge in [-0.1, -0.05) is 6.07 Å². The van der Waals surface area contributed by atoms with Crippen molar-refractivity contribution in [3.8, 4) is 0 Å². The average Bonchev–Trinajstić information content (AvgIpc) is 2.57. The Labute approximate surface area is 140 Å². The molecule has 0 radical (unpaired) electrons. The number of aryl methyl sites for hydroxylation is 1. The molecule has 1 heterocycles. The van der Waals surface area contributed by atoms with Crippen molar-refractivity contribution < 1.29 is 29.3 Å². The molecular weight excluding hydrogens is 314 g/mol. The Morgan fingerprint density at radius 2 is 2.21 bits per heavy atom. The minimum absolute atomic E-state index is 0.125. The molecule has 1 aromatic rings. The molecule has 1 aromatic carbocycles. The molecule has 3 N–H and O–H groups in total. The molecule has 1 fully saturated rings. The lowest BCUT2D eigenvalue weighted by atomic mass is 9.95. The lowest BCUT2D eigenvalue weighted by Crippen LogP contribution is -2.40. The fourth-order valence-electron chi connectivity index (χ4n) is 2.93. The molecule has 3 atom stereocenters. The molecule has 0 spiro atoms. The number of aliphatic carboxylic acids is 1. The van der Waals surface area contributed by atoms with Gasteiger partial charge in [0.2, 0.25) is 0 Å². The Morgan fingerprint density at radius 3 is 2.88 bits per heavy atom. The number of carbonyl (C=O) groups excluding carboxylic acids is 1. The summed E-state index contributed by atoms with van der Waals surface area (Å²) in [6.07, 6.45) is -0.159. The third-order valence-electron chi connectivity index (χ3n) is 4.19. The molecule has 3 unspecified atom stereocenters. The Balaban J connectivity index is 2.03. The lowest BCUT2D eigenvalue weighted by molar-refractivity contribution is -0.166. The van der Waals surface area contributed by atoms with E-state index in [4.69, 9.17) is 14.6 Å². The second kappa shape index (κ2) is 8.65. The van der Waals surface area contributed by atoms with Crippen LogP contribution in [-0.2, 0) is 32.1 Å². The highest BCUT2D eigenvalue weighted by atomic mass is 16.5. The van der Waals surface area contributed by atoms with E-state index < -0.39 is 18.2 Å². The Hall–Kier alpha value is -2.12. The number of carboxylic acids is 1. The summed E-state index contributed by atoms with van der Waals surface area (Å²) in [6, 6.07) is 5.76. The summed E-state index contributed by atoms with van der Waals surface area (Å²) in [6.45, 7) is 0.600. The zero-order valence-corrected chi connectivity index (χ0v) is 13.6. The van der Waals surface area contributed by atoms with E-state index >= 15 is 0 Å². The van der Waals surface area contributed by atoms with Gasteiger partial charge in [0, 0.05) is 19.2 Å². The van der Waals surface area contributed by atoms with Crippen molar-refractivity contribution in [1.29, 1.82) is 0 Å². The van der Waals surface area contributed by atoms with Gasteiger partial charge < -0.3 is 25.0 Å². The summed E-state index contributed by atoms with van der Waals surface area (Å²) >= 11 is 0. The van der Waals surface area contributed by atoms with Crippen LogP contribution in [0.3, 0.4) is 0 Å². The number of rotatable bonds is 8. The minimum atomic E-state index is -1.05. The van der Waals surface area contributed by atoms with Crippen LogP contribution in [0.25, 0.3) is 0 Å². The molecule has 24 heavy (non-hydrogen) atoms. The SMILES string of the molecule is CNc1ccc(COC=O)c(CCC2CC(O)CC(C(=O)O)O2)c1. The second-order valence-corrected chi connectivity index (χ2v) is 5.89. The summed E-state index contributed by atoms with van der Waals surface area (Å²) in [5.41, 5.74) is 2.83. The summed E-state index contributed by atoms with van der Waals surface area (Å²) in [5.74, 6) is -1.05. The van der Waals surface area contributed by atoms with Crippen LogP contribution in [0.15, 0.2) is 18.2 Å². The van der Waals surface area contributed by atoms with Crippen LogP contribution in [0.2, 0.25) is 0 Å². The van der Waals surface area contributed by atoms with E-state index in [1.807, 2.05) is 25.2 Å². The zero-order chi connectivity index (χ0) is 17.5. The Kier molecular flexibility index (Phi) is 6.57. The topological polar surface area (TPSA) is 105 Å². The van der Waals surface area contributed by atoms with E-state index in [-0.39, 0.29) is 19.1 Å². The standard InChI is InChI=1S/C17H23NO6/c1-18-13-4-2-12(9-23-10-19)11(6-13)3-5-15-7-14(20)8-16(24-15)17(21)22/h2,4,6,10,14-16,18,20H,3,5,7-9H2,1H3,(H,21,22). The van der Waals surface area contributed by atoms with Crippen molar-refractivity contribution in [3.63, 3.8) is 0 Å². The highest BCUT2D eigenvalue weighted by molar-refractivity contribution is 5.72. The van der Waals surface area contributed by atoms with Crippen LogP contribution >= 0.6 is 0 Å². The number of carbonyl (C=O) groups is 2. The van der Waals surface area contributed by atoms with E-state index in [1.165, 1.54) is 0 Å². The number of anilines is 1. The summed E-state index contributed by atoms with van der Waals surface area (Å²) in [4.78, 5) is 21.5. The molecule has 1 aliphatic rings. The van der Waals surface area contributed by atoms with Gasteiger partial charge in [0.05, 0.1) is 12.2 Å². The van der Waals surface area contributed by atoms with Gasteiger partial charge in [-0.15, -0.1) is 0 Å². The molecule has 2 rings (SSSR count). The van der Waals surface area contributed by atoms with Crippen LogP contribution in [0.1, 0.15) is 30.4 Å². The van der Waals surface area contributed by atoms with Crippen LogP contribution < -0.4 is 5.32 Å². The average molecular weight is 337 g/mol. The molecule has 1 saturated heterocycles. The van der Waals surface area contributed by atoms with Crippen LogP contribution in [-0.4, -0.2) is 48.0 Å². The van der Waals surface area contributed by atoms with Gasteiger partial charge >= 0.3 is 5.97 Å². The predicted octanol–water partition coefficient (Wildman–Crippen LogP) is 1.33. The number of hydrogen-bond donors (Lipinski definition) is 3. The van der Waals surface area contributed by atoms with E-state index in [0.29, 0.717) is 25.7 Å². The molecule has 0 saturated carbocycles. The Bertz CT molecular complexity index is 576. The quantitative estimate of drug-likeness (QED) is 0.615. The van der Waals surface area contributed by atoms with Gasteiger partial charge in [0.25, 0.3) is 6.47 Å². The fourth-order valence-corrected chi connectivity index (χ4v) is 2.93. The van der Waals surface area contributed by atoms with E-state index in [2.05, 4.69) is 5.32 Å². The predicted molar refractivity (Wildman–Crippen MR) is 86.7 cm³/mol. The third kappa shape index (κ3) is 4.94. The largest absolute Gasteiger partial charge is 0.479 e. The first-order chi connectivity index (χ1) is 11.5. The zero-order valence-electron chi connectivity index (χ0n) is 13.6. The van der Waals surface area contributed by atoms with Gasteiger partial charge in [-0.05, 0) is 42.5 Å². The molecule has 0 aliphatic carbocycles. The number of benzene rings is 1. The van der Waals surface area contributed by atoms with Crippen LogP contribution in [0.5, 0.6) is 0 Å². The molecule has 0 bridgehead atoms. The smallest absolute Gasteiger partial charge is 0.332 e. The normalized spacial score (nSPS) is 23.5. The first-order valence-corrected chi connectivity index (χ1v) is 7.94. The highest BCUT2D eigenvalue weighted by Gasteiger charge is 2.32. The van der Waals surface area contributed by atoms with Crippen molar-refractivity contribution in [2.75, 3.05) is 12.4 Å². The first kappa shape index (κ1) is 18.2. The maximum atomic E-state index is 11.1. The molecular formula is C17H23NO6. The second-order valence-electron chi connectivity index (χ2n) is 5.89.